The number of phenolic OH excluding ortho intramolecular Hbond substituents is 1. The molecule has 1 heterocycles. The first kappa shape index (κ1) is 14.8. The summed E-state index contributed by atoms with van der Waals surface area (Å²) in [7, 11) is 0. The zero-order valence-corrected chi connectivity index (χ0v) is 10.8. The molecule has 2 rings (SSSR count). The molecule has 10 heteroatoms. The summed E-state index contributed by atoms with van der Waals surface area (Å²) in [4.78, 5) is 35.5. The van der Waals surface area contributed by atoms with Crippen LogP contribution >= 0.6 is 0 Å². The highest BCUT2D eigenvalue weighted by Gasteiger charge is 2.27. The van der Waals surface area contributed by atoms with Gasteiger partial charge in [-0.25, -0.2) is 4.98 Å². The van der Waals surface area contributed by atoms with Gasteiger partial charge in [0.15, 0.2) is 0 Å². The molecule has 1 aromatic carbocycles. The molecular weight excluding hydrogens is 296 g/mol. The van der Waals surface area contributed by atoms with Crippen LogP contribution in [-0.4, -0.2) is 25.8 Å². The summed E-state index contributed by atoms with van der Waals surface area (Å²) in [5, 5.41) is 33.6. The van der Waals surface area contributed by atoms with Crippen LogP contribution in [0.3, 0.4) is 0 Å². The fraction of sp³-hybridized carbons (Fsp3) is 0. The Morgan fingerprint density at radius 2 is 1.91 bits per heavy atom. The van der Waals surface area contributed by atoms with Gasteiger partial charge in [-0.15, -0.1) is 0 Å². The van der Waals surface area contributed by atoms with Crippen LogP contribution in [-0.2, 0) is 0 Å². The molecule has 22 heavy (non-hydrogen) atoms. The Labute approximate surface area is 122 Å². The Hall–Kier alpha value is -3.56. The van der Waals surface area contributed by atoms with Gasteiger partial charge in [0.1, 0.15) is 5.82 Å². The molecule has 2 aromatic rings. The highest BCUT2D eigenvalue weighted by atomic mass is 16.6. The van der Waals surface area contributed by atoms with Crippen molar-refractivity contribution >= 4 is 23.1 Å². The van der Waals surface area contributed by atoms with Crippen molar-refractivity contribution in [2.24, 2.45) is 0 Å². The lowest BCUT2D eigenvalue weighted by molar-refractivity contribution is -0.394. The second-order valence-electron chi connectivity index (χ2n) is 4.04. The van der Waals surface area contributed by atoms with Crippen molar-refractivity contribution in [1.82, 2.24) is 4.98 Å². The van der Waals surface area contributed by atoms with E-state index in [1.54, 1.807) is 12.1 Å². The van der Waals surface area contributed by atoms with E-state index in [9.17, 15) is 30.1 Å². The highest BCUT2D eigenvalue weighted by molar-refractivity contribution is 6.07. The van der Waals surface area contributed by atoms with E-state index in [4.69, 9.17) is 0 Å². The first-order valence-electron chi connectivity index (χ1n) is 5.78. The lowest BCUT2D eigenvalue weighted by atomic mass is 10.1. The fourth-order valence-electron chi connectivity index (χ4n) is 1.64. The van der Waals surface area contributed by atoms with Crippen LogP contribution in [0.2, 0.25) is 0 Å². The molecule has 0 fully saturated rings. The molecule has 1 aromatic heterocycles. The maximum absolute atomic E-state index is 12.0. The molecule has 0 unspecified atom stereocenters. The third-order valence-electron chi connectivity index (χ3n) is 2.63. The molecule has 112 valence electrons. The van der Waals surface area contributed by atoms with Gasteiger partial charge in [-0.05, 0) is 12.1 Å². The van der Waals surface area contributed by atoms with Gasteiger partial charge in [-0.3, -0.25) is 25.0 Å². The number of pyridine rings is 1. The van der Waals surface area contributed by atoms with Crippen molar-refractivity contribution in [3.05, 3.63) is 62.3 Å². The molecule has 0 aliphatic heterocycles. The average molecular weight is 304 g/mol. The van der Waals surface area contributed by atoms with E-state index in [-0.39, 0.29) is 5.82 Å². The number of rotatable bonds is 4. The Morgan fingerprint density at radius 3 is 2.45 bits per heavy atom. The lowest BCUT2D eigenvalue weighted by Crippen LogP contribution is -2.14. The number of aromatic nitrogens is 1. The first-order valence-corrected chi connectivity index (χ1v) is 5.78. The molecule has 0 aliphatic carbocycles. The van der Waals surface area contributed by atoms with Crippen molar-refractivity contribution < 1.29 is 19.7 Å². The van der Waals surface area contributed by atoms with E-state index < -0.39 is 38.4 Å². The topological polar surface area (TPSA) is 148 Å². The van der Waals surface area contributed by atoms with Gasteiger partial charge in [-0.1, -0.05) is 6.07 Å². The number of nitro groups is 2. The number of non-ortho nitro benzene ring substituents is 1. The van der Waals surface area contributed by atoms with Crippen molar-refractivity contribution in [3.63, 3.8) is 0 Å². The average Bonchev–Trinajstić information content (AvgIpc) is 2.47. The quantitative estimate of drug-likeness (QED) is 0.646. The Kier molecular flexibility index (Phi) is 3.93. The summed E-state index contributed by atoms with van der Waals surface area (Å²) in [5.41, 5.74) is -2.21. The van der Waals surface area contributed by atoms with E-state index in [1.165, 1.54) is 12.3 Å². The van der Waals surface area contributed by atoms with Crippen molar-refractivity contribution in [2.75, 3.05) is 5.32 Å². The summed E-state index contributed by atoms with van der Waals surface area (Å²) in [6.07, 6.45) is 1.39. The van der Waals surface area contributed by atoms with Gasteiger partial charge in [-0.2, -0.15) is 0 Å². The number of hydrogen-bond acceptors (Lipinski definition) is 7. The van der Waals surface area contributed by atoms with E-state index in [0.29, 0.717) is 6.07 Å². The predicted molar refractivity (Wildman–Crippen MR) is 73.6 cm³/mol. The third kappa shape index (κ3) is 2.95. The van der Waals surface area contributed by atoms with Crippen molar-refractivity contribution in [1.29, 1.82) is 0 Å². The number of hydrogen-bond donors (Lipinski definition) is 2. The standard InChI is InChI=1S/C12H8N4O6/c17-11-8(12(18)14-10-3-1-2-4-13-10)5-7(15(19)20)6-9(11)16(21)22/h1-6,17H,(H,13,14,18). The molecule has 0 saturated carbocycles. The van der Waals surface area contributed by atoms with Gasteiger partial charge in [0.25, 0.3) is 11.6 Å². The second-order valence-corrected chi connectivity index (χ2v) is 4.04. The summed E-state index contributed by atoms with van der Waals surface area (Å²) in [5.74, 6) is -1.78. The summed E-state index contributed by atoms with van der Waals surface area (Å²) >= 11 is 0. The monoisotopic (exact) mass is 304 g/mol. The molecule has 10 nitrogen and oxygen atoms in total. The fourth-order valence-corrected chi connectivity index (χ4v) is 1.64. The molecule has 0 atom stereocenters. The van der Waals surface area contributed by atoms with Crippen LogP contribution in [0.5, 0.6) is 5.75 Å². The number of benzene rings is 1. The van der Waals surface area contributed by atoms with Gasteiger partial charge >= 0.3 is 5.69 Å². The van der Waals surface area contributed by atoms with Crippen LogP contribution in [0.1, 0.15) is 10.4 Å². The Bertz CT molecular complexity index is 762. The third-order valence-corrected chi connectivity index (χ3v) is 2.63. The molecule has 0 spiro atoms. The molecule has 0 bridgehead atoms. The number of carbonyl (C=O) groups is 1. The minimum absolute atomic E-state index is 0.126. The van der Waals surface area contributed by atoms with E-state index >= 15 is 0 Å². The van der Waals surface area contributed by atoms with Gasteiger partial charge < -0.3 is 10.4 Å². The number of nitrogens with zero attached hydrogens (tertiary/aromatic N) is 3. The smallest absolute Gasteiger partial charge is 0.318 e. The van der Waals surface area contributed by atoms with Crippen molar-refractivity contribution in [2.45, 2.75) is 0 Å². The molecular formula is C12H8N4O6. The van der Waals surface area contributed by atoms with E-state index in [1.807, 2.05) is 0 Å². The molecule has 2 N–H and O–H groups in total. The van der Waals surface area contributed by atoms with Gasteiger partial charge in [0.2, 0.25) is 5.75 Å². The minimum atomic E-state index is -1.01. The minimum Gasteiger partial charge on any atom is -0.502 e. The summed E-state index contributed by atoms with van der Waals surface area (Å²) in [6, 6.07) is 5.96. The van der Waals surface area contributed by atoms with Crippen LogP contribution in [0, 0.1) is 20.2 Å². The van der Waals surface area contributed by atoms with Crippen LogP contribution in [0.15, 0.2) is 36.5 Å². The molecule has 0 aliphatic rings. The zero-order chi connectivity index (χ0) is 16.3. The number of carbonyl (C=O) groups excluding carboxylic acids is 1. The van der Waals surface area contributed by atoms with Crippen LogP contribution in [0.25, 0.3) is 0 Å². The summed E-state index contributed by atoms with van der Waals surface area (Å²) in [6.45, 7) is 0. The molecule has 1 amide bonds. The number of nitrogens with one attached hydrogen (secondary N) is 1. The summed E-state index contributed by atoms with van der Waals surface area (Å²) < 4.78 is 0. The Balaban J connectivity index is 2.47. The number of nitro benzene ring substituents is 2. The maximum atomic E-state index is 12.0. The molecule has 0 radical (unpaired) electrons. The van der Waals surface area contributed by atoms with Crippen molar-refractivity contribution in [3.8, 4) is 5.75 Å². The largest absolute Gasteiger partial charge is 0.502 e. The SMILES string of the molecule is O=C(Nc1ccccn1)c1cc([N+](=O)[O-])cc([N+](=O)[O-])c1O. The normalized spacial score (nSPS) is 10.0. The maximum Gasteiger partial charge on any atom is 0.318 e. The first-order chi connectivity index (χ1) is 10.4. The zero-order valence-electron chi connectivity index (χ0n) is 10.8. The molecule has 0 saturated heterocycles. The van der Waals surface area contributed by atoms with Crippen LogP contribution < -0.4 is 5.32 Å². The number of phenols is 1. The van der Waals surface area contributed by atoms with Gasteiger partial charge in [0.05, 0.1) is 21.5 Å². The Morgan fingerprint density at radius 1 is 1.18 bits per heavy atom. The lowest BCUT2D eigenvalue weighted by Gasteiger charge is -2.06. The highest BCUT2D eigenvalue weighted by Crippen LogP contribution is 2.34. The number of amides is 1. The van der Waals surface area contributed by atoms with E-state index in [2.05, 4.69) is 10.3 Å². The number of aromatic hydroxyl groups is 1. The predicted octanol–water partition coefficient (Wildman–Crippen LogP) is 1.86. The van der Waals surface area contributed by atoms with E-state index in [0.717, 1.165) is 6.07 Å². The van der Waals surface area contributed by atoms with Crippen LogP contribution in [0.4, 0.5) is 17.2 Å². The van der Waals surface area contributed by atoms with Gasteiger partial charge in [0, 0.05) is 12.3 Å². The number of anilines is 1. The second kappa shape index (κ2) is 5.83.